The lowest BCUT2D eigenvalue weighted by molar-refractivity contribution is 0.402. The molecule has 0 spiro atoms. The number of hydrogen-bond acceptors (Lipinski definition) is 1. The van der Waals surface area contributed by atoms with Gasteiger partial charge in [0.15, 0.2) is 0 Å². The zero-order valence-corrected chi connectivity index (χ0v) is 15.0. The third-order valence-electron chi connectivity index (χ3n) is 4.95. The fourth-order valence-electron chi connectivity index (χ4n) is 2.60. The Bertz CT molecular complexity index is 391. The number of benzene rings is 1. The minimum Gasteiger partial charge on any atom is -0.310 e. The van der Waals surface area contributed by atoms with E-state index in [1.54, 1.807) is 0 Å². The summed E-state index contributed by atoms with van der Waals surface area (Å²) in [5.41, 5.74) is 3.17. The van der Waals surface area contributed by atoms with Crippen molar-refractivity contribution in [2.45, 2.75) is 78.7 Å². The van der Waals surface area contributed by atoms with Gasteiger partial charge in [0, 0.05) is 6.04 Å². The van der Waals surface area contributed by atoms with E-state index in [1.165, 1.54) is 36.8 Å². The average Bonchev–Trinajstić information content (AvgIpc) is 2.51. The predicted molar refractivity (Wildman–Crippen MR) is 94.9 cm³/mol. The fraction of sp³-hybridized carbons (Fsp3) is 0.700. The van der Waals surface area contributed by atoms with Gasteiger partial charge in [0.2, 0.25) is 0 Å². The summed E-state index contributed by atoms with van der Waals surface area (Å²) in [5, 5.41) is 3.72. The highest BCUT2D eigenvalue weighted by Crippen LogP contribution is 2.29. The molecule has 0 saturated heterocycles. The summed E-state index contributed by atoms with van der Waals surface area (Å²) in [4.78, 5) is 0. The molecule has 0 fully saturated rings. The molecule has 1 nitrogen and oxygen atoms in total. The van der Waals surface area contributed by atoms with Crippen LogP contribution in [0.3, 0.4) is 0 Å². The minimum atomic E-state index is 0.279. The van der Waals surface area contributed by atoms with Gasteiger partial charge in [0.05, 0.1) is 0 Å². The van der Waals surface area contributed by atoms with E-state index in [9.17, 15) is 0 Å². The van der Waals surface area contributed by atoms with Crippen LogP contribution in [0.4, 0.5) is 0 Å². The maximum absolute atomic E-state index is 3.72. The van der Waals surface area contributed by atoms with Crippen LogP contribution in [0.2, 0.25) is 0 Å². The molecule has 0 aliphatic carbocycles. The van der Waals surface area contributed by atoms with E-state index < -0.39 is 0 Å². The summed E-state index contributed by atoms with van der Waals surface area (Å²) < 4.78 is 0. The lowest BCUT2D eigenvalue weighted by Gasteiger charge is -2.26. The second-order valence-electron chi connectivity index (χ2n) is 7.12. The van der Waals surface area contributed by atoms with E-state index in [0.717, 1.165) is 12.5 Å². The van der Waals surface area contributed by atoms with Crippen LogP contribution in [0.15, 0.2) is 24.3 Å². The smallest absolute Gasteiger partial charge is 0.0322 e. The molecule has 2 unspecified atom stereocenters. The zero-order chi connectivity index (χ0) is 15.9. The van der Waals surface area contributed by atoms with Crippen molar-refractivity contribution in [1.82, 2.24) is 5.32 Å². The molecule has 0 saturated carbocycles. The van der Waals surface area contributed by atoms with Crippen LogP contribution in [-0.4, -0.2) is 6.54 Å². The summed E-state index contributed by atoms with van der Waals surface area (Å²) in [7, 11) is 0. The van der Waals surface area contributed by atoms with Gasteiger partial charge in [-0.2, -0.15) is 0 Å². The van der Waals surface area contributed by atoms with Gasteiger partial charge in [-0.15, -0.1) is 0 Å². The minimum absolute atomic E-state index is 0.279. The SMILES string of the molecule is CCCNC(CC(C)CC)c1ccc(C(C)(C)CC)cc1. The molecule has 0 bridgehead atoms. The molecule has 1 heteroatoms. The standard InChI is InChI=1S/C20H35N/c1-7-14-21-19(15-16(4)8-2)17-10-12-18(13-11-17)20(5,6)9-3/h10-13,16,19,21H,7-9,14-15H2,1-6H3. The monoisotopic (exact) mass is 289 g/mol. The van der Waals surface area contributed by atoms with E-state index in [0.29, 0.717) is 6.04 Å². The molecule has 1 aromatic rings. The molecular weight excluding hydrogens is 254 g/mol. The molecular formula is C20H35N. The Morgan fingerprint density at radius 1 is 1.05 bits per heavy atom. The number of nitrogens with one attached hydrogen (secondary N) is 1. The Kier molecular flexibility index (Phi) is 7.45. The van der Waals surface area contributed by atoms with Crippen LogP contribution in [-0.2, 0) is 5.41 Å². The van der Waals surface area contributed by atoms with Gasteiger partial charge in [-0.1, -0.05) is 72.2 Å². The van der Waals surface area contributed by atoms with Crippen molar-refractivity contribution in [2.24, 2.45) is 5.92 Å². The Labute approximate surface area is 132 Å². The Hall–Kier alpha value is -0.820. The Morgan fingerprint density at radius 3 is 2.14 bits per heavy atom. The van der Waals surface area contributed by atoms with Crippen LogP contribution in [0, 0.1) is 5.92 Å². The maximum atomic E-state index is 3.72. The molecule has 0 aliphatic heterocycles. The molecule has 0 amide bonds. The van der Waals surface area contributed by atoms with Crippen molar-refractivity contribution in [3.63, 3.8) is 0 Å². The largest absolute Gasteiger partial charge is 0.310 e. The number of rotatable bonds is 9. The van der Waals surface area contributed by atoms with Gasteiger partial charge in [0.25, 0.3) is 0 Å². The van der Waals surface area contributed by atoms with Crippen LogP contribution in [0.1, 0.15) is 84.4 Å². The van der Waals surface area contributed by atoms with Crippen LogP contribution < -0.4 is 5.32 Å². The lowest BCUT2D eigenvalue weighted by Crippen LogP contribution is -2.24. The summed E-state index contributed by atoms with van der Waals surface area (Å²) in [6, 6.07) is 9.83. The maximum Gasteiger partial charge on any atom is 0.0322 e. The first-order valence-corrected chi connectivity index (χ1v) is 8.78. The first-order chi connectivity index (χ1) is 9.94. The van der Waals surface area contributed by atoms with Crippen LogP contribution in [0.25, 0.3) is 0 Å². The number of hydrogen-bond donors (Lipinski definition) is 1. The second-order valence-corrected chi connectivity index (χ2v) is 7.12. The molecule has 21 heavy (non-hydrogen) atoms. The summed E-state index contributed by atoms with van der Waals surface area (Å²) >= 11 is 0. The van der Waals surface area contributed by atoms with Crippen molar-refractivity contribution < 1.29 is 0 Å². The highest BCUT2D eigenvalue weighted by atomic mass is 14.9. The molecule has 1 rings (SSSR count). The van der Waals surface area contributed by atoms with Crippen molar-refractivity contribution in [3.8, 4) is 0 Å². The molecule has 2 atom stereocenters. The second kappa shape index (κ2) is 8.58. The third-order valence-corrected chi connectivity index (χ3v) is 4.95. The first-order valence-electron chi connectivity index (χ1n) is 8.78. The molecule has 120 valence electrons. The Morgan fingerprint density at radius 2 is 1.67 bits per heavy atom. The van der Waals surface area contributed by atoms with Crippen molar-refractivity contribution in [2.75, 3.05) is 6.54 Å². The van der Waals surface area contributed by atoms with Crippen molar-refractivity contribution in [1.29, 1.82) is 0 Å². The van der Waals surface area contributed by atoms with Crippen molar-refractivity contribution in [3.05, 3.63) is 35.4 Å². The van der Waals surface area contributed by atoms with Gasteiger partial charge < -0.3 is 5.32 Å². The highest BCUT2D eigenvalue weighted by molar-refractivity contribution is 5.29. The topological polar surface area (TPSA) is 12.0 Å². The molecule has 0 aromatic heterocycles. The van der Waals surface area contributed by atoms with Crippen LogP contribution in [0.5, 0.6) is 0 Å². The predicted octanol–water partition coefficient (Wildman–Crippen LogP) is 5.85. The molecule has 0 heterocycles. The summed E-state index contributed by atoms with van der Waals surface area (Å²) in [6.45, 7) is 14.9. The van der Waals surface area contributed by atoms with Gasteiger partial charge in [0.1, 0.15) is 0 Å². The highest BCUT2D eigenvalue weighted by Gasteiger charge is 2.19. The van der Waals surface area contributed by atoms with E-state index in [2.05, 4.69) is 71.1 Å². The van der Waals surface area contributed by atoms with E-state index in [4.69, 9.17) is 0 Å². The van der Waals surface area contributed by atoms with Gasteiger partial charge >= 0.3 is 0 Å². The normalized spacial score (nSPS) is 15.0. The quantitative estimate of drug-likeness (QED) is 0.601. The van der Waals surface area contributed by atoms with Gasteiger partial charge in [-0.3, -0.25) is 0 Å². The first kappa shape index (κ1) is 18.2. The summed E-state index contributed by atoms with van der Waals surface area (Å²) in [5.74, 6) is 0.770. The van der Waals surface area contributed by atoms with E-state index in [1.807, 2.05) is 0 Å². The lowest BCUT2D eigenvalue weighted by atomic mass is 9.81. The van der Waals surface area contributed by atoms with E-state index >= 15 is 0 Å². The molecule has 1 aromatic carbocycles. The molecule has 1 N–H and O–H groups in total. The van der Waals surface area contributed by atoms with Gasteiger partial charge in [-0.25, -0.2) is 0 Å². The average molecular weight is 290 g/mol. The zero-order valence-electron chi connectivity index (χ0n) is 15.0. The molecule has 0 aliphatic rings. The van der Waals surface area contributed by atoms with Crippen LogP contribution >= 0.6 is 0 Å². The van der Waals surface area contributed by atoms with Gasteiger partial charge in [-0.05, 0) is 48.3 Å². The molecule has 0 radical (unpaired) electrons. The summed E-state index contributed by atoms with van der Waals surface area (Å²) in [6.07, 6.45) is 4.85. The van der Waals surface area contributed by atoms with Crippen molar-refractivity contribution >= 4 is 0 Å². The third kappa shape index (κ3) is 5.47. The van der Waals surface area contributed by atoms with E-state index in [-0.39, 0.29) is 5.41 Å². The Balaban J connectivity index is 2.87. The fourth-order valence-corrected chi connectivity index (χ4v) is 2.60.